The fraction of sp³-hybridized carbons (Fsp3) is 0.214. The van der Waals surface area contributed by atoms with Gasteiger partial charge in [0, 0.05) is 12.3 Å². The van der Waals surface area contributed by atoms with Gasteiger partial charge >= 0.3 is 11.9 Å². The van der Waals surface area contributed by atoms with E-state index in [1.54, 1.807) is 19.1 Å². The van der Waals surface area contributed by atoms with Gasteiger partial charge in [-0.2, -0.15) is 0 Å². The van der Waals surface area contributed by atoms with Crippen LogP contribution in [0.15, 0.2) is 24.3 Å². The van der Waals surface area contributed by atoms with Crippen LogP contribution in [-0.4, -0.2) is 16.9 Å². The standard InChI is InChI=1S/C14H11NO4/c1-7-11-12(14(17)18-7)15-10-6-4-3-5-9(10)13(11)19-8(2)16/h3-7H,1-2H3/t7-/m1/s1. The minimum atomic E-state index is -0.485. The number of carbonyl (C=O) groups excluding carboxylic acids is 2. The smallest absolute Gasteiger partial charge is 0.358 e. The van der Waals surface area contributed by atoms with E-state index in [0.717, 1.165) is 0 Å². The van der Waals surface area contributed by atoms with Gasteiger partial charge in [0.1, 0.15) is 11.9 Å². The number of para-hydroxylation sites is 1. The summed E-state index contributed by atoms with van der Waals surface area (Å²) in [5, 5.41) is 0.696. The maximum atomic E-state index is 11.7. The zero-order chi connectivity index (χ0) is 13.6. The lowest BCUT2D eigenvalue weighted by Crippen LogP contribution is -2.07. The second kappa shape index (κ2) is 4.05. The fourth-order valence-corrected chi connectivity index (χ4v) is 2.26. The van der Waals surface area contributed by atoms with Gasteiger partial charge in [-0.25, -0.2) is 9.78 Å². The predicted octanol–water partition coefficient (Wildman–Crippen LogP) is 2.39. The van der Waals surface area contributed by atoms with E-state index in [-0.39, 0.29) is 5.69 Å². The van der Waals surface area contributed by atoms with Crippen molar-refractivity contribution in [1.29, 1.82) is 0 Å². The number of carbonyl (C=O) groups is 2. The molecule has 1 aromatic carbocycles. The summed E-state index contributed by atoms with van der Waals surface area (Å²) in [5.41, 5.74) is 1.37. The first-order chi connectivity index (χ1) is 9.08. The average Bonchev–Trinajstić information content (AvgIpc) is 2.64. The lowest BCUT2D eigenvalue weighted by atomic mass is 10.1. The van der Waals surface area contributed by atoms with E-state index in [4.69, 9.17) is 9.47 Å². The van der Waals surface area contributed by atoms with E-state index in [1.165, 1.54) is 6.92 Å². The first kappa shape index (κ1) is 11.6. The number of benzene rings is 1. The van der Waals surface area contributed by atoms with Crippen LogP contribution in [0.25, 0.3) is 10.9 Å². The van der Waals surface area contributed by atoms with E-state index in [2.05, 4.69) is 4.98 Å². The third kappa shape index (κ3) is 1.74. The van der Waals surface area contributed by atoms with Crippen LogP contribution in [0.2, 0.25) is 0 Å². The van der Waals surface area contributed by atoms with E-state index in [9.17, 15) is 9.59 Å². The van der Waals surface area contributed by atoms with Crippen molar-refractivity contribution in [1.82, 2.24) is 4.98 Å². The Balaban J connectivity index is 2.38. The van der Waals surface area contributed by atoms with Gasteiger partial charge in [-0.15, -0.1) is 0 Å². The Morgan fingerprint density at radius 3 is 2.84 bits per heavy atom. The third-order valence-electron chi connectivity index (χ3n) is 3.01. The van der Waals surface area contributed by atoms with Crippen molar-refractivity contribution in [3.8, 4) is 5.75 Å². The number of esters is 2. The highest BCUT2D eigenvalue weighted by Gasteiger charge is 2.34. The van der Waals surface area contributed by atoms with Crippen LogP contribution in [0, 0.1) is 0 Å². The van der Waals surface area contributed by atoms with E-state index < -0.39 is 18.0 Å². The summed E-state index contributed by atoms with van der Waals surface area (Å²) < 4.78 is 10.4. The molecule has 2 heterocycles. The fourth-order valence-electron chi connectivity index (χ4n) is 2.26. The number of hydrogen-bond acceptors (Lipinski definition) is 5. The van der Waals surface area contributed by atoms with E-state index in [1.807, 2.05) is 12.1 Å². The number of aromatic nitrogens is 1. The minimum Gasteiger partial charge on any atom is -0.453 e. The molecule has 2 aromatic rings. The predicted molar refractivity (Wildman–Crippen MR) is 66.9 cm³/mol. The molecule has 0 N–H and O–H groups in total. The van der Waals surface area contributed by atoms with Crippen LogP contribution in [0.1, 0.15) is 36.0 Å². The van der Waals surface area contributed by atoms with Crippen LogP contribution in [-0.2, 0) is 9.53 Å². The third-order valence-corrected chi connectivity index (χ3v) is 3.01. The molecule has 1 aliphatic rings. The number of fused-ring (bicyclic) bond motifs is 2. The molecule has 0 saturated heterocycles. The second-order valence-corrected chi connectivity index (χ2v) is 4.36. The van der Waals surface area contributed by atoms with Crippen LogP contribution in [0.3, 0.4) is 0 Å². The molecule has 0 amide bonds. The number of pyridine rings is 1. The Morgan fingerprint density at radius 1 is 1.37 bits per heavy atom. The molecule has 1 aliphatic heterocycles. The van der Waals surface area contributed by atoms with E-state index >= 15 is 0 Å². The maximum absolute atomic E-state index is 11.7. The molecular weight excluding hydrogens is 246 g/mol. The van der Waals surface area contributed by atoms with Crippen LogP contribution < -0.4 is 4.74 Å². The quantitative estimate of drug-likeness (QED) is 0.734. The Morgan fingerprint density at radius 2 is 2.11 bits per heavy atom. The Labute approximate surface area is 109 Å². The van der Waals surface area contributed by atoms with Crippen molar-refractivity contribution >= 4 is 22.8 Å². The van der Waals surface area contributed by atoms with Crippen molar-refractivity contribution in [3.63, 3.8) is 0 Å². The summed E-state index contributed by atoms with van der Waals surface area (Å²) in [6, 6.07) is 7.20. The van der Waals surface area contributed by atoms with Gasteiger partial charge in [-0.1, -0.05) is 12.1 Å². The van der Waals surface area contributed by atoms with Gasteiger partial charge in [0.2, 0.25) is 0 Å². The zero-order valence-electron chi connectivity index (χ0n) is 10.5. The van der Waals surface area contributed by atoms with Gasteiger partial charge < -0.3 is 9.47 Å². The first-order valence-electron chi connectivity index (χ1n) is 5.90. The number of cyclic esters (lactones) is 1. The molecule has 0 fully saturated rings. The zero-order valence-corrected chi connectivity index (χ0v) is 10.5. The topological polar surface area (TPSA) is 65.5 Å². The molecule has 0 saturated carbocycles. The largest absolute Gasteiger partial charge is 0.453 e. The van der Waals surface area contributed by atoms with Crippen molar-refractivity contribution in [2.24, 2.45) is 0 Å². The summed E-state index contributed by atoms with van der Waals surface area (Å²) in [6.07, 6.45) is -0.464. The normalized spacial score (nSPS) is 17.2. The van der Waals surface area contributed by atoms with Crippen molar-refractivity contribution in [2.45, 2.75) is 20.0 Å². The number of hydrogen-bond donors (Lipinski definition) is 0. The molecular formula is C14H11NO4. The number of ether oxygens (including phenoxy) is 2. The molecule has 0 bridgehead atoms. The highest BCUT2D eigenvalue weighted by molar-refractivity contribution is 5.99. The molecule has 0 unspecified atom stereocenters. The van der Waals surface area contributed by atoms with Crippen molar-refractivity contribution in [3.05, 3.63) is 35.5 Å². The lowest BCUT2D eigenvalue weighted by molar-refractivity contribution is -0.131. The first-order valence-corrected chi connectivity index (χ1v) is 5.90. The number of rotatable bonds is 1. The highest BCUT2D eigenvalue weighted by Crippen LogP contribution is 2.40. The van der Waals surface area contributed by atoms with Crippen LogP contribution in [0.4, 0.5) is 0 Å². The molecule has 1 aromatic heterocycles. The minimum absolute atomic E-state index is 0.224. The molecule has 0 aliphatic carbocycles. The Bertz CT molecular complexity index is 708. The molecule has 0 spiro atoms. The average molecular weight is 257 g/mol. The highest BCUT2D eigenvalue weighted by atomic mass is 16.6. The van der Waals surface area contributed by atoms with Gasteiger partial charge in [-0.05, 0) is 19.1 Å². The summed E-state index contributed by atoms with van der Waals surface area (Å²) >= 11 is 0. The van der Waals surface area contributed by atoms with Crippen LogP contribution >= 0.6 is 0 Å². The van der Waals surface area contributed by atoms with Crippen molar-refractivity contribution in [2.75, 3.05) is 0 Å². The molecule has 96 valence electrons. The molecule has 19 heavy (non-hydrogen) atoms. The summed E-state index contributed by atoms with van der Waals surface area (Å²) in [6.45, 7) is 3.05. The Kier molecular flexibility index (Phi) is 2.48. The lowest BCUT2D eigenvalue weighted by Gasteiger charge is -2.11. The monoisotopic (exact) mass is 257 g/mol. The van der Waals surface area contributed by atoms with E-state index in [0.29, 0.717) is 22.2 Å². The second-order valence-electron chi connectivity index (χ2n) is 4.36. The molecule has 5 heteroatoms. The molecule has 1 atom stereocenters. The summed E-state index contributed by atoms with van der Waals surface area (Å²) in [5.74, 6) is -0.557. The Hall–Kier alpha value is -2.43. The molecule has 3 rings (SSSR count). The number of nitrogens with zero attached hydrogens (tertiary/aromatic N) is 1. The summed E-state index contributed by atoms with van der Waals surface area (Å²) in [4.78, 5) is 27.3. The molecule has 0 radical (unpaired) electrons. The van der Waals surface area contributed by atoms with Gasteiger partial charge in [-0.3, -0.25) is 4.79 Å². The maximum Gasteiger partial charge on any atom is 0.358 e. The van der Waals surface area contributed by atoms with Crippen molar-refractivity contribution < 1.29 is 19.1 Å². The van der Waals surface area contributed by atoms with Gasteiger partial charge in [0.25, 0.3) is 0 Å². The summed E-state index contributed by atoms with van der Waals surface area (Å²) in [7, 11) is 0. The molecule has 5 nitrogen and oxygen atoms in total. The van der Waals surface area contributed by atoms with Gasteiger partial charge in [0.05, 0.1) is 11.1 Å². The van der Waals surface area contributed by atoms with Crippen LogP contribution in [0.5, 0.6) is 5.75 Å². The SMILES string of the molecule is CC(=O)Oc1c2c(nc3ccccc13)C(=O)O[C@@H]2C. The van der Waals surface area contributed by atoms with Gasteiger partial charge in [0.15, 0.2) is 5.69 Å².